The molecule has 5 heteroatoms. The van der Waals surface area contributed by atoms with Crippen molar-refractivity contribution < 1.29 is 4.79 Å². The summed E-state index contributed by atoms with van der Waals surface area (Å²) in [5.74, 6) is -0.173. The van der Waals surface area contributed by atoms with E-state index in [1.165, 1.54) is 6.20 Å². The summed E-state index contributed by atoms with van der Waals surface area (Å²) in [6.07, 6.45) is 6.24. The lowest BCUT2D eigenvalue weighted by atomic mass is 10.2. The maximum absolute atomic E-state index is 11.9. The van der Waals surface area contributed by atoms with Crippen LogP contribution >= 0.6 is 0 Å². The van der Waals surface area contributed by atoms with Crippen molar-refractivity contribution in [3.8, 4) is 0 Å². The number of aromatic nitrogens is 3. The van der Waals surface area contributed by atoms with Crippen molar-refractivity contribution in [2.75, 3.05) is 0 Å². The van der Waals surface area contributed by atoms with Crippen LogP contribution < -0.4 is 5.32 Å². The highest BCUT2D eigenvalue weighted by Gasteiger charge is 2.12. The summed E-state index contributed by atoms with van der Waals surface area (Å²) >= 11 is 0. The molecule has 0 aromatic carbocycles. The highest BCUT2D eigenvalue weighted by Crippen LogP contribution is 2.11. The van der Waals surface area contributed by atoms with Gasteiger partial charge in [0.2, 0.25) is 0 Å². The first-order valence-corrected chi connectivity index (χ1v) is 5.04. The van der Waals surface area contributed by atoms with Gasteiger partial charge in [-0.15, -0.1) is 0 Å². The molecule has 1 N–H and O–H groups in total. The second-order valence-electron chi connectivity index (χ2n) is 3.74. The van der Waals surface area contributed by atoms with Crippen LogP contribution in [0.1, 0.15) is 24.2 Å². The summed E-state index contributed by atoms with van der Waals surface area (Å²) < 4.78 is 0. The number of rotatable bonds is 2. The van der Waals surface area contributed by atoms with Crippen LogP contribution in [0.15, 0.2) is 24.8 Å². The molecule has 0 unspecified atom stereocenters. The van der Waals surface area contributed by atoms with E-state index >= 15 is 0 Å². The lowest BCUT2D eigenvalue weighted by molar-refractivity contribution is 0.0944. The molecule has 16 heavy (non-hydrogen) atoms. The Kier molecular flexibility index (Phi) is 2.76. The summed E-state index contributed by atoms with van der Waals surface area (Å²) in [4.78, 5) is 24.1. The number of nitrogens with zero attached hydrogens (tertiary/aromatic N) is 3. The van der Waals surface area contributed by atoms with Crippen molar-refractivity contribution >= 4 is 16.9 Å². The zero-order valence-electron chi connectivity index (χ0n) is 9.14. The molecular formula is C11H12N4O. The third kappa shape index (κ3) is 1.98. The number of fused-ring (bicyclic) bond motifs is 1. The van der Waals surface area contributed by atoms with Crippen LogP contribution in [0.4, 0.5) is 0 Å². The number of amides is 1. The maximum Gasteiger partial charge on any atom is 0.255 e. The molecule has 2 aromatic rings. The highest BCUT2D eigenvalue weighted by molar-refractivity contribution is 6.04. The van der Waals surface area contributed by atoms with E-state index in [0.29, 0.717) is 16.6 Å². The summed E-state index contributed by atoms with van der Waals surface area (Å²) in [7, 11) is 0. The fraction of sp³-hybridized carbons (Fsp3) is 0.273. The van der Waals surface area contributed by atoms with Gasteiger partial charge in [0.1, 0.15) is 11.0 Å². The Morgan fingerprint density at radius 2 is 2.00 bits per heavy atom. The number of pyridine rings is 1. The van der Waals surface area contributed by atoms with Gasteiger partial charge in [-0.25, -0.2) is 0 Å². The lowest BCUT2D eigenvalue weighted by Gasteiger charge is -2.08. The Hall–Kier alpha value is -2.04. The Balaban J connectivity index is 2.48. The minimum Gasteiger partial charge on any atom is -0.350 e. The monoisotopic (exact) mass is 216 g/mol. The fourth-order valence-electron chi connectivity index (χ4n) is 1.40. The van der Waals surface area contributed by atoms with Gasteiger partial charge in [-0.1, -0.05) is 0 Å². The zero-order valence-corrected chi connectivity index (χ0v) is 9.14. The molecule has 0 aliphatic heterocycles. The van der Waals surface area contributed by atoms with Crippen LogP contribution in [-0.2, 0) is 0 Å². The molecule has 0 aliphatic rings. The van der Waals surface area contributed by atoms with Crippen molar-refractivity contribution in [2.45, 2.75) is 19.9 Å². The molecule has 1 amide bonds. The first-order chi connectivity index (χ1) is 7.68. The number of hydrogen-bond acceptors (Lipinski definition) is 4. The first kappa shape index (κ1) is 10.5. The molecule has 0 atom stereocenters. The van der Waals surface area contributed by atoms with E-state index in [2.05, 4.69) is 20.3 Å². The standard InChI is InChI=1S/C11H12N4O/c1-7(2)15-11(16)8-5-12-6-9-10(8)14-4-3-13-9/h3-7H,1-2H3,(H,15,16). The lowest BCUT2D eigenvalue weighted by Crippen LogP contribution is -2.30. The average Bonchev–Trinajstić information content (AvgIpc) is 2.27. The van der Waals surface area contributed by atoms with Gasteiger partial charge >= 0.3 is 0 Å². The van der Waals surface area contributed by atoms with Crippen molar-refractivity contribution in [1.82, 2.24) is 20.3 Å². The van der Waals surface area contributed by atoms with E-state index in [1.807, 2.05) is 13.8 Å². The molecule has 0 aliphatic carbocycles. The average molecular weight is 216 g/mol. The highest BCUT2D eigenvalue weighted by atomic mass is 16.1. The smallest absolute Gasteiger partial charge is 0.255 e. The van der Waals surface area contributed by atoms with E-state index in [4.69, 9.17) is 0 Å². The van der Waals surface area contributed by atoms with Crippen molar-refractivity contribution in [2.24, 2.45) is 0 Å². The molecule has 0 spiro atoms. The minimum atomic E-state index is -0.173. The van der Waals surface area contributed by atoms with Crippen LogP contribution in [0, 0.1) is 0 Å². The second-order valence-corrected chi connectivity index (χ2v) is 3.74. The topological polar surface area (TPSA) is 67.8 Å². The predicted molar refractivity (Wildman–Crippen MR) is 59.9 cm³/mol. The second kappa shape index (κ2) is 4.22. The molecule has 0 radical (unpaired) electrons. The molecule has 2 heterocycles. The molecule has 5 nitrogen and oxygen atoms in total. The molecule has 0 fully saturated rings. The minimum absolute atomic E-state index is 0.0828. The summed E-state index contributed by atoms with van der Waals surface area (Å²) in [5, 5.41) is 2.80. The Labute approximate surface area is 92.9 Å². The number of hydrogen-bond donors (Lipinski definition) is 1. The van der Waals surface area contributed by atoms with E-state index in [1.54, 1.807) is 18.6 Å². The first-order valence-electron chi connectivity index (χ1n) is 5.04. The van der Waals surface area contributed by atoms with Crippen molar-refractivity contribution in [3.05, 3.63) is 30.4 Å². The van der Waals surface area contributed by atoms with Gasteiger partial charge in [-0.3, -0.25) is 19.7 Å². The number of carbonyl (C=O) groups excluding carboxylic acids is 1. The third-order valence-electron chi connectivity index (χ3n) is 2.05. The summed E-state index contributed by atoms with van der Waals surface area (Å²) in [5.41, 5.74) is 1.66. The Bertz CT molecular complexity index is 519. The molecule has 0 bridgehead atoms. The van der Waals surface area contributed by atoms with E-state index in [0.717, 1.165) is 0 Å². The Morgan fingerprint density at radius 1 is 1.25 bits per heavy atom. The summed E-state index contributed by atoms with van der Waals surface area (Å²) in [6.45, 7) is 3.81. The van der Waals surface area contributed by atoms with Crippen LogP contribution in [0.25, 0.3) is 11.0 Å². The largest absolute Gasteiger partial charge is 0.350 e. The van der Waals surface area contributed by atoms with Crippen LogP contribution in [0.2, 0.25) is 0 Å². The number of nitrogens with one attached hydrogen (secondary N) is 1. The van der Waals surface area contributed by atoms with Gasteiger partial charge in [-0.2, -0.15) is 0 Å². The van der Waals surface area contributed by atoms with E-state index in [9.17, 15) is 4.79 Å². The Morgan fingerprint density at radius 3 is 2.75 bits per heavy atom. The van der Waals surface area contributed by atoms with Crippen LogP contribution in [0.5, 0.6) is 0 Å². The van der Waals surface area contributed by atoms with Gasteiger partial charge in [0.05, 0.1) is 11.8 Å². The molecule has 82 valence electrons. The van der Waals surface area contributed by atoms with Crippen molar-refractivity contribution in [3.63, 3.8) is 0 Å². The van der Waals surface area contributed by atoms with Crippen LogP contribution in [-0.4, -0.2) is 26.9 Å². The molecule has 0 saturated heterocycles. The predicted octanol–water partition coefficient (Wildman–Crippen LogP) is 1.16. The molecule has 0 saturated carbocycles. The van der Waals surface area contributed by atoms with Gasteiger partial charge < -0.3 is 5.32 Å². The fourth-order valence-corrected chi connectivity index (χ4v) is 1.40. The van der Waals surface area contributed by atoms with Gasteiger partial charge in [0, 0.05) is 24.6 Å². The summed E-state index contributed by atoms with van der Waals surface area (Å²) in [6, 6.07) is 0.0828. The van der Waals surface area contributed by atoms with Gasteiger partial charge in [0.25, 0.3) is 5.91 Å². The molecule has 2 rings (SSSR count). The zero-order chi connectivity index (χ0) is 11.5. The molecule has 2 aromatic heterocycles. The van der Waals surface area contributed by atoms with Gasteiger partial charge in [0.15, 0.2) is 0 Å². The van der Waals surface area contributed by atoms with E-state index in [-0.39, 0.29) is 11.9 Å². The van der Waals surface area contributed by atoms with Crippen LogP contribution in [0.3, 0.4) is 0 Å². The van der Waals surface area contributed by atoms with E-state index < -0.39 is 0 Å². The SMILES string of the molecule is CC(C)NC(=O)c1cncc2nccnc12. The normalized spacial score (nSPS) is 10.7. The number of carbonyl (C=O) groups is 1. The van der Waals surface area contributed by atoms with Crippen molar-refractivity contribution in [1.29, 1.82) is 0 Å². The third-order valence-corrected chi connectivity index (χ3v) is 2.05. The van der Waals surface area contributed by atoms with Gasteiger partial charge in [-0.05, 0) is 13.8 Å². The maximum atomic E-state index is 11.9. The quantitative estimate of drug-likeness (QED) is 0.818. The molecular weight excluding hydrogens is 204 g/mol.